The fourth-order valence-electron chi connectivity index (χ4n) is 1.80. The molecule has 1 N–H and O–H groups in total. The number of hydrogen-bond acceptors (Lipinski definition) is 3. The lowest BCUT2D eigenvalue weighted by atomic mass is 10.1. The smallest absolute Gasteiger partial charge is 0.123 e. The second kappa shape index (κ2) is 8.43. The molecule has 0 radical (unpaired) electrons. The molecule has 0 aliphatic heterocycles. The summed E-state index contributed by atoms with van der Waals surface area (Å²) in [6.45, 7) is 5.35. The number of para-hydroxylation sites is 1. The van der Waals surface area contributed by atoms with Crippen LogP contribution < -0.4 is 10.1 Å². The second-order valence-corrected chi connectivity index (χ2v) is 5.08. The van der Waals surface area contributed by atoms with Crippen molar-refractivity contribution < 1.29 is 4.74 Å². The first-order chi connectivity index (χ1) is 8.33. The van der Waals surface area contributed by atoms with Gasteiger partial charge in [0.25, 0.3) is 0 Å². The molecule has 17 heavy (non-hydrogen) atoms. The average Bonchev–Trinajstić information content (AvgIpc) is 2.38. The average molecular weight is 253 g/mol. The number of ether oxygens (including phenoxy) is 1. The van der Waals surface area contributed by atoms with Gasteiger partial charge in [0.05, 0.1) is 7.11 Å². The van der Waals surface area contributed by atoms with Crippen LogP contribution in [0.1, 0.15) is 31.9 Å². The Hall–Kier alpha value is -0.670. The van der Waals surface area contributed by atoms with Gasteiger partial charge in [0.1, 0.15) is 5.75 Å². The van der Waals surface area contributed by atoms with Crippen LogP contribution in [0.15, 0.2) is 24.3 Å². The fraction of sp³-hybridized carbons (Fsp3) is 0.571. The summed E-state index contributed by atoms with van der Waals surface area (Å²) in [4.78, 5) is 0. The van der Waals surface area contributed by atoms with Crippen LogP contribution in [0, 0.1) is 0 Å². The highest BCUT2D eigenvalue weighted by atomic mass is 32.2. The predicted octanol–water partition coefficient (Wildman–Crippen LogP) is 3.49. The van der Waals surface area contributed by atoms with Gasteiger partial charge in [0, 0.05) is 17.4 Å². The Kier molecular flexibility index (Phi) is 7.13. The van der Waals surface area contributed by atoms with Gasteiger partial charge in [0.2, 0.25) is 0 Å². The molecule has 1 unspecified atom stereocenters. The van der Waals surface area contributed by atoms with Gasteiger partial charge in [-0.05, 0) is 24.8 Å². The first kappa shape index (κ1) is 14.4. The van der Waals surface area contributed by atoms with Crippen molar-refractivity contribution in [2.45, 2.75) is 26.3 Å². The van der Waals surface area contributed by atoms with Crippen molar-refractivity contribution in [1.82, 2.24) is 5.32 Å². The third-order valence-corrected chi connectivity index (χ3v) is 3.86. The quantitative estimate of drug-likeness (QED) is 0.717. The largest absolute Gasteiger partial charge is 0.496 e. The number of thioether (sulfide) groups is 1. The van der Waals surface area contributed by atoms with E-state index in [0.29, 0.717) is 6.04 Å². The summed E-state index contributed by atoms with van der Waals surface area (Å²) in [5, 5.41) is 3.53. The lowest BCUT2D eigenvalue weighted by Crippen LogP contribution is -2.23. The Morgan fingerprint density at radius 3 is 2.71 bits per heavy atom. The normalized spacial score (nSPS) is 12.4. The van der Waals surface area contributed by atoms with E-state index in [-0.39, 0.29) is 0 Å². The zero-order chi connectivity index (χ0) is 12.5. The minimum Gasteiger partial charge on any atom is -0.496 e. The number of benzene rings is 1. The SMILES string of the molecule is CCCSCC(NCC)c1ccccc1OC. The lowest BCUT2D eigenvalue weighted by Gasteiger charge is -2.20. The van der Waals surface area contributed by atoms with E-state index in [2.05, 4.69) is 31.3 Å². The summed E-state index contributed by atoms with van der Waals surface area (Å²) >= 11 is 2.00. The van der Waals surface area contributed by atoms with E-state index >= 15 is 0 Å². The van der Waals surface area contributed by atoms with Gasteiger partial charge in [-0.25, -0.2) is 0 Å². The van der Waals surface area contributed by atoms with Gasteiger partial charge in [0.15, 0.2) is 0 Å². The molecule has 1 aromatic rings. The van der Waals surface area contributed by atoms with E-state index in [9.17, 15) is 0 Å². The van der Waals surface area contributed by atoms with Gasteiger partial charge in [-0.2, -0.15) is 11.8 Å². The van der Waals surface area contributed by atoms with Crippen molar-refractivity contribution in [1.29, 1.82) is 0 Å². The van der Waals surface area contributed by atoms with Crippen LogP contribution in [0.25, 0.3) is 0 Å². The standard InChI is InChI=1S/C14H23NOS/c1-4-10-17-11-13(15-5-2)12-8-6-7-9-14(12)16-3/h6-9,13,15H,4-5,10-11H2,1-3H3. The van der Waals surface area contributed by atoms with Crippen LogP contribution >= 0.6 is 11.8 Å². The molecule has 96 valence electrons. The van der Waals surface area contributed by atoms with Crippen molar-refractivity contribution in [2.75, 3.05) is 25.2 Å². The summed E-state index contributed by atoms with van der Waals surface area (Å²) in [5.41, 5.74) is 1.26. The topological polar surface area (TPSA) is 21.3 Å². The van der Waals surface area contributed by atoms with Crippen molar-refractivity contribution in [3.8, 4) is 5.75 Å². The number of nitrogens with one attached hydrogen (secondary N) is 1. The van der Waals surface area contributed by atoms with Gasteiger partial charge in [-0.1, -0.05) is 32.0 Å². The summed E-state index contributed by atoms with van der Waals surface area (Å²) in [6, 6.07) is 8.66. The second-order valence-electron chi connectivity index (χ2n) is 3.93. The number of methoxy groups -OCH3 is 1. The monoisotopic (exact) mass is 253 g/mol. The molecule has 0 aliphatic rings. The molecule has 3 heteroatoms. The van der Waals surface area contributed by atoms with E-state index in [0.717, 1.165) is 18.0 Å². The summed E-state index contributed by atoms with van der Waals surface area (Å²) < 4.78 is 5.43. The first-order valence-corrected chi connectivity index (χ1v) is 7.43. The van der Waals surface area contributed by atoms with Crippen LogP contribution in [0.4, 0.5) is 0 Å². The lowest BCUT2D eigenvalue weighted by molar-refractivity contribution is 0.403. The van der Waals surface area contributed by atoms with Crippen LogP contribution in [-0.4, -0.2) is 25.2 Å². The molecule has 2 nitrogen and oxygen atoms in total. The minimum atomic E-state index is 0.382. The Balaban J connectivity index is 2.73. The fourth-order valence-corrected chi connectivity index (χ4v) is 2.79. The Morgan fingerprint density at radius 2 is 2.06 bits per heavy atom. The zero-order valence-electron chi connectivity index (χ0n) is 11.0. The Labute approximate surface area is 109 Å². The van der Waals surface area contributed by atoms with Gasteiger partial charge in [-0.15, -0.1) is 0 Å². The molecule has 0 saturated heterocycles. The molecule has 0 fully saturated rings. The molecular weight excluding hydrogens is 230 g/mol. The highest BCUT2D eigenvalue weighted by Crippen LogP contribution is 2.27. The van der Waals surface area contributed by atoms with Gasteiger partial charge < -0.3 is 10.1 Å². The van der Waals surface area contributed by atoms with E-state index in [1.807, 2.05) is 23.9 Å². The molecular formula is C14H23NOS. The maximum atomic E-state index is 5.43. The summed E-state index contributed by atoms with van der Waals surface area (Å²) in [5.74, 6) is 3.30. The van der Waals surface area contributed by atoms with Crippen molar-refractivity contribution in [3.05, 3.63) is 29.8 Å². The molecule has 0 spiro atoms. The highest BCUT2D eigenvalue weighted by molar-refractivity contribution is 7.99. The van der Waals surface area contributed by atoms with Crippen LogP contribution in [-0.2, 0) is 0 Å². The summed E-state index contributed by atoms with van der Waals surface area (Å²) in [7, 11) is 1.74. The van der Waals surface area contributed by atoms with Crippen molar-refractivity contribution in [3.63, 3.8) is 0 Å². The molecule has 0 aliphatic carbocycles. The Bertz CT molecular complexity index is 317. The van der Waals surface area contributed by atoms with Crippen LogP contribution in [0.2, 0.25) is 0 Å². The zero-order valence-corrected chi connectivity index (χ0v) is 11.8. The predicted molar refractivity (Wildman–Crippen MR) is 77.0 cm³/mol. The number of rotatable bonds is 8. The first-order valence-electron chi connectivity index (χ1n) is 6.27. The molecule has 0 amide bonds. The molecule has 0 heterocycles. The number of hydrogen-bond donors (Lipinski definition) is 1. The van der Waals surface area contributed by atoms with Crippen molar-refractivity contribution in [2.24, 2.45) is 0 Å². The minimum absolute atomic E-state index is 0.382. The summed E-state index contributed by atoms with van der Waals surface area (Å²) in [6.07, 6.45) is 1.23. The third kappa shape index (κ3) is 4.60. The van der Waals surface area contributed by atoms with E-state index in [4.69, 9.17) is 4.74 Å². The van der Waals surface area contributed by atoms with Crippen molar-refractivity contribution >= 4 is 11.8 Å². The molecule has 1 aromatic carbocycles. The van der Waals surface area contributed by atoms with Gasteiger partial charge >= 0.3 is 0 Å². The van der Waals surface area contributed by atoms with Crippen LogP contribution in [0.5, 0.6) is 5.75 Å². The maximum absolute atomic E-state index is 5.43. The molecule has 1 rings (SSSR count). The van der Waals surface area contributed by atoms with Gasteiger partial charge in [-0.3, -0.25) is 0 Å². The third-order valence-electron chi connectivity index (χ3n) is 2.60. The molecule has 0 bridgehead atoms. The Morgan fingerprint density at radius 1 is 1.29 bits per heavy atom. The molecule has 0 saturated carbocycles. The van der Waals surface area contributed by atoms with E-state index < -0.39 is 0 Å². The van der Waals surface area contributed by atoms with E-state index in [1.54, 1.807) is 7.11 Å². The molecule has 0 aromatic heterocycles. The highest BCUT2D eigenvalue weighted by Gasteiger charge is 2.14. The van der Waals surface area contributed by atoms with Crippen LogP contribution in [0.3, 0.4) is 0 Å². The molecule has 1 atom stereocenters. The maximum Gasteiger partial charge on any atom is 0.123 e. The van der Waals surface area contributed by atoms with E-state index in [1.165, 1.54) is 17.7 Å².